The lowest BCUT2D eigenvalue weighted by Crippen LogP contribution is -2.31. The van der Waals surface area contributed by atoms with Crippen LogP contribution in [0, 0.1) is 12.8 Å². The van der Waals surface area contributed by atoms with Crippen molar-refractivity contribution in [1.29, 1.82) is 0 Å². The van der Waals surface area contributed by atoms with Crippen molar-refractivity contribution in [2.45, 2.75) is 25.7 Å². The number of rotatable bonds is 4. The molecule has 6 heteroatoms. The van der Waals surface area contributed by atoms with Crippen LogP contribution in [-0.4, -0.2) is 26.3 Å². The van der Waals surface area contributed by atoms with Gasteiger partial charge < -0.3 is 5.73 Å². The molecule has 2 N–H and O–H groups in total. The molecule has 0 unspecified atom stereocenters. The Hall–Kier alpha value is -0.780. The van der Waals surface area contributed by atoms with Crippen molar-refractivity contribution < 1.29 is 8.42 Å². The predicted octanol–water partition coefficient (Wildman–Crippen LogP) is 2.51. The minimum Gasteiger partial charge on any atom is -0.398 e. The van der Waals surface area contributed by atoms with E-state index in [1.807, 2.05) is 13.8 Å². The van der Waals surface area contributed by atoms with E-state index in [1.165, 1.54) is 10.4 Å². The highest BCUT2D eigenvalue weighted by atomic mass is 35.5. The van der Waals surface area contributed by atoms with Crippen molar-refractivity contribution in [3.63, 3.8) is 0 Å². The van der Waals surface area contributed by atoms with Crippen LogP contribution in [0.5, 0.6) is 0 Å². The molecule has 0 saturated carbocycles. The Morgan fingerprint density at radius 2 is 1.94 bits per heavy atom. The van der Waals surface area contributed by atoms with Crippen molar-refractivity contribution in [2.75, 3.05) is 19.3 Å². The van der Waals surface area contributed by atoms with Crippen LogP contribution in [0.3, 0.4) is 0 Å². The molecular formula is C12H19ClN2O2S. The molecule has 0 bridgehead atoms. The Morgan fingerprint density at radius 3 is 2.44 bits per heavy atom. The SMILES string of the molecule is Cc1c(N)cc(Cl)cc1S(=O)(=O)N(C)CC(C)C. The molecule has 0 aromatic heterocycles. The van der Waals surface area contributed by atoms with Crippen LogP contribution in [0.2, 0.25) is 5.02 Å². The summed E-state index contributed by atoms with van der Waals surface area (Å²) in [6.45, 7) is 6.06. The molecule has 0 heterocycles. The number of anilines is 1. The van der Waals surface area contributed by atoms with Crippen LogP contribution in [0.4, 0.5) is 5.69 Å². The van der Waals surface area contributed by atoms with Gasteiger partial charge in [-0.05, 0) is 30.5 Å². The molecule has 0 aliphatic carbocycles. The van der Waals surface area contributed by atoms with E-state index in [1.54, 1.807) is 20.0 Å². The second kappa shape index (κ2) is 5.47. The largest absolute Gasteiger partial charge is 0.398 e. The van der Waals surface area contributed by atoms with Crippen LogP contribution in [0.1, 0.15) is 19.4 Å². The fraction of sp³-hybridized carbons (Fsp3) is 0.500. The number of nitrogens with zero attached hydrogens (tertiary/aromatic N) is 1. The maximum absolute atomic E-state index is 12.4. The fourth-order valence-corrected chi connectivity index (χ4v) is 3.62. The fourth-order valence-electron chi connectivity index (χ4n) is 1.72. The van der Waals surface area contributed by atoms with Gasteiger partial charge >= 0.3 is 0 Å². The zero-order chi connectivity index (χ0) is 14.1. The van der Waals surface area contributed by atoms with Crippen LogP contribution < -0.4 is 5.73 Å². The first-order chi connectivity index (χ1) is 8.16. The molecule has 0 saturated heterocycles. The van der Waals surface area contributed by atoms with E-state index in [0.29, 0.717) is 22.8 Å². The maximum atomic E-state index is 12.4. The van der Waals surface area contributed by atoms with E-state index in [-0.39, 0.29) is 10.8 Å². The van der Waals surface area contributed by atoms with Crippen LogP contribution in [-0.2, 0) is 10.0 Å². The Labute approximate surface area is 114 Å². The van der Waals surface area contributed by atoms with Crippen molar-refractivity contribution in [3.8, 4) is 0 Å². The first-order valence-electron chi connectivity index (χ1n) is 5.68. The van der Waals surface area contributed by atoms with Gasteiger partial charge in [0.25, 0.3) is 0 Å². The first-order valence-corrected chi connectivity index (χ1v) is 7.50. The average molecular weight is 291 g/mol. The van der Waals surface area contributed by atoms with Gasteiger partial charge in [0.1, 0.15) is 0 Å². The van der Waals surface area contributed by atoms with Gasteiger partial charge in [0.2, 0.25) is 10.0 Å². The lowest BCUT2D eigenvalue weighted by Gasteiger charge is -2.21. The van der Waals surface area contributed by atoms with Gasteiger partial charge in [-0.15, -0.1) is 0 Å². The van der Waals surface area contributed by atoms with Gasteiger partial charge in [-0.2, -0.15) is 0 Å². The summed E-state index contributed by atoms with van der Waals surface area (Å²) < 4.78 is 26.1. The number of nitrogens with two attached hydrogens (primary N) is 1. The molecule has 0 aliphatic heterocycles. The van der Waals surface area contributed by atoms with Crippen LogP contribution in [0.25, 0.3) is 0 Å². The monoisotopic (exact) mass is 290 g/mol. The summed E-state index contributed by atoms with van der Waals surface area (Å²) in [4.78, 5) is 0.177. The Balaban J connectivity index is 3.29. The molecule has 1 aromatic carbocycles. The van der Waals surface area contributed by atoms with E-state index >= 15 is 0 Å². The van der Waals surface area contributed by atoms with Gasteiger partial charge in [-0.25, -0.2) is 12.7 Å². The quantitative estimate of drug-likeness (QED) is 0.867. The van der Waals surface area contributed by atoms with Crippen molar-refractivity contribution >= 4 is 27.3 Å². The molecule has 1 rings (SSSR count). The smallest absolute Gasteiger partial charge is 0.243 e. The molecule has 0 radical (unpaired) electrons. The van der Waals surface area contributed by atoms with E-state index in [0.717, 1.165) is 0 Å². The highest BCUT2D eigenvalue weighted by Crippen LogP contribution is 2.28. The summed E-state index contributed by atoms with van der Waals surface area (Å²) >= 11 is 5.88. The highest BCUT2D eigenvalue weighted by Gasteiger charge is 2.24. The van der Waals surface area contributed by atoms with Crippen LogP contribution in [0.15, 0.2) is 17.0 Å². The minimum absolute atomic E-state index is 0.177. The Morgan fingerprint density at radius 1 is 1.39 bits per heavy atom. The third-order valence-electron chi connectivity index (χ3n) is 2.68. The van der Waals surface area contributed by atoms with Crippen molar-refractivity contribution in [2.24, 2.45) is 5.92 Å². The summed E-state index contributed by atoms with van der Waals surface area (Å²) in [5.41, 5.74) is 6.68. The summed E-state index contributed by atoms with van der Waals surface area (Å²) in [6.07, 6.45) is 0. The van der Waals surface area contributed by atoms with Gasteiger partial charge in [0.15, 0.2) is 0 Å². The molecule has 0 spiro atoms. The standard InChI is InChI=1S/C12H19ClN2O2S/c1-8(2)7-15(4)18(16,17)12-6-10(13)5-11(14)9(12)3/h5-6,8H,7,14H2,1-4H3. The molecule has 0 amide bonds. The predicted molar refractivity (Wildman–Crippen MR) is 75.3 cm³/mol. The number of hydrogen-bond donors (Lipinski definition) is 1. The van der Waals surface area contributed by atoms with Gasteiger partial charge in [0.05, 0.1) is 4.90 Å². The van der Waals surface area contributed by atoms with Gasteiger partial charge in [-0.1, -0.05) is 25.4 Å². The van der Waals surface area contributed by atoms with E-state index in [4.69, 9.17) is 17.3 Å². The van der Waals surface area contributed by atoms with Crippen LogP contribution >= 0.6 is 11.6 Å². The second-order valence-corrected chi connectivity index (χ2v) is 7.25. The Bertz CT molecular complexity index is 541. The zero-order valence-corrected chi connectivity index (χ0v) is 12.6. The lowest BCUT2D eigenvalue weighted by molar-refractivity contribution is 0.417. The summed E-state index contributed by atoms with van der Waals surface area (Å²) in [6, 6.07) is 3.00. The van der Waals surface area contributed by atoms with E-state index < -0.39 is 10.0 Å². The number of halogens is 1. The van der Waals surface area contributed by atoms with Crippen molar-refractivity contribution in [3.05, 3.63) is 22.7 Å². The van der Waals surface area contributed by atoms with E-state index in [9.17, 15) is 8.42 Å². The maximum Gasteiger partial charge on any atom is 0.243 e. The third-order valence-corrected chi connectivity index (χ3v) is 4.84. The summed E-state index contributed by atoms with van der Waals surface area (Å²) in [5, 5.41) is 0.328. The highest BCUT2D eigenvalue weighted by molar-refractivity contribution is 7.89. The van der Waals surface area contributed by atoms with Gasteiger partial charge in [0, 0.05) is 24.3 Å². The minimum atomic E-state index is -3.54. The number of sulfonamides is 1. The first kappa shape index (κ1) is 15.3. The second-order valence-electron chi connectivity index (χ2n) is 4.80. The summed E-state index contributed by atoms with van der Waals surface area (Å²) in [5.74, 6) is 0.251. The molecule has 4 nitrogen and oxygen atoms in total. The molecule has 1 aromatic rings. The molecule has 0 aliphatic rings. The molecule has 0 fully saturated rings. The molecule has 0 atom stereocenters. The number of hydrogen-bond acceptors (Lipinski definition) is 3. The number of benzene rings is 1. The summed E-state index contributed by atoms with van der Waals surface area (Å²) in [7, 11) is -1.98. The lowest BCUT2D eigenvalue weighted by atomic mass is 10.2. The average Bonchev–Trinajstić information content (AvgIpc) is 2.22. The molecular weight excluding hydrogens is 272 g/mol. The van der Waals surface area contributed by atoms with E-state index in [2.05, 4.69) is 0 Å². The van der Waals surface area contributed by atoms with Crippen molar-refractivity contribution in [1.82, 2.24) is 4.31 Å². The molecule has 18 heavy (non-hydrogen) atoms. The van der Waals surface area contributed by atoms with Gasteiger partial charge in [-0.3, -0.25) is 0 Å². The topological polar surface area (TPSA) is 63.4 Å². The molecule has 102 valence electrons. The Kier molecular flexibility index (Phi) is 4.64. The number of nitrogen functional groups attached to an aromatic ring is 1. The zero-order valence-electron chi connectivity index (χ0n) is 11.1. The normalized spacial score (nSPS) is 12.4. The third kappa shape index (κ3) is 3.16.